The number of unbranched alkanes of at least 4 members (excludes halogenated alkanes) is 1. The predicted molar refractivity (Wildman–Crippen MR) is 66.9 cm³/mol. The number of benzene rings is 1. The van der Waals surface area contributed by atoms with Crippen LogP contribution in [0.5, 0.6) is 0 Å². The predicted octanol–water partition coefficient (Wildman–Crippen LogP) is 3.42. The van der Waals surface area contributed by atoms with Gasteiger partial charge in [-0.3, -0.25) is 0 Å². The molecule has 0 aliphatic carbocycles. The van der Waals surface area contributed by atoms with Crippen LogP contribution in [0.25, 0.3) is 10.8 Å². The number of hydrogen-bond acceptors (Lipinski definition) is 1. The third-order valence-corrected chi connectivity index (χ3v) is 3.40. The Balaban J connectivity index is 2.16. The first-order chi connectivity index (χ1) is 7.40. The van der Waals surface area contributed by atoms with E-state index in [1.807, 2.05) is 11.9 Å². The normalized spacial score (nSPS) is 10.7. The first-order valence-electron chi connectivity index (χ1n) is 5.43. The lowest BCUT2D eigenvalue weighted by atomic mass is 10.2. The molecular formula is C13H16NS+. The smallest absolute Gasteiger partial charge is 0.133 e. The molecule has 0 saturated carbocycles. The summed E-state index contributed by atoms with van der Waals surface area (Å²) in [7, 11) is 0. The number of nitrogens with zero attached hydrogens (tertiary/aromatic N) is 1. The average molecular weight is 218 g/mol. The highest BCUT2D eigenvalue weighted by molar-refractivity contribution is 7.92. The Morgan fingerprint density at radius 1 is 1.13 bits per heavy atom. The fourth-order valence-corrected chi connectivity index (χ4v) is 2.47. The lowest BCUT2D eigenvalue weighted by Gasteiger charge is -1.96. The molecule has 1 aromatic carbocycles. The van der Waals surface area contributed by atoms with Crippen molar-refractivity contribution in [2.24, 2.45) is 0 Å². The Morgan fingerprint density at radius 3 is 2.73 bits per heavy atom. The molecule has 2 rings (SSSR count). The Morgan fingerprint density at radius 2 is 1.93 bits per heavy atom. The van der Waals surface area contributed by atoms with Gasteiger partial charge in [0.25, 0.3) is 0 Å². The van der Waals surface area contributed by atoms with Gasteiger partial charge in [0.15, 0.2) is 24.3 Å². The number of rotatable bonds is 4. The van der Waals surface area contributed by atoms with Crippen molar-refractivity contribution in [3.05, 3.63) is 42.7 Å². The monoisotopic (exact) mass is 218 g/mol. The zero-order chi connectivity index (χ0) is 10.5. The SMILES string of the molecule is CCCCS[n+]1ccc2ccccc2c1. The van der Waals surface area contributed by atoms with Gasteiger partial charge in [-0.1, -0.05) is 31.5 Å². The minimum Gasteiger partial charge on any atom is -0.133 e. The number of hydrogen-bond donors (Lipinski definition) is 0. The summed E-state index contributed by atoms with van der Waals surface area (Å²) in [5, 5.41) is 2.62. The molecule has 0 aliphatic heterocycles. The fourth-order valence-electron chi connectivity index (χ4n) is 1.51. The molecule has 15 heavy (non-hydrogen) atoms. The lowest BCUT2D eigenvalue weighted by Crippen LogP contribution is -2.24. The van der Waals surface area contributed by atoms with Crippen LogP contribution in [0.1, 0.15) is 19.8 Å². The number of pyridine rings is 1. The number of aromatic nitrogens is 1. The molecule has 0 bridgehead atoms. The van der Waals surface area contributed by atoms with Gasteiger partial charge in [-0.15, -0.1) is 3.97 Å². The highest BCUT2D eigenvalue weighted by atomic mass is 32.2. The van der Waals surface area contributed by atoms with Gasteiger partial charge in [-0.05, 0) is 17.9 Å². The molecule has 0 N–H and O–H groups in total. The first-order valence-corrected chi connectivity index (χ1v) is 6.38. The molecule has 0 spiro atoms. The van der Waals surface area contributed by atoms with Gasteiger partial charge in [0.05, 0.1) is 5.75 Å². The van der Waals surface area contributed by atoms with E-state index in [4.69, 9.17) is 0 Å². The minimum absolute atomic E-state index is 1.19. The maximum atomic E-state index is 2.23. The van der Waals surface area contributed by atoms with E-state index in [1.54, 1.807) is 0 Å². The molecule has 0 radical (unpaired) electrons. The topological polar surface area (TPSA) is 3.88 Å². The molecule has 0 aliphatic rings. The van der Waals surface area contributed by atoms with Crippen LogP contribution >= 0.6 is 11.9 Å². The summed E-state index contributed by atoms with van der Waals surface area (Å²) in [5.74, 6) is 1.19. The highest BCUT2D eigenvalue weighted by Gasteiger charge is 2.03. The van der Waals surface area contributed by atoms with Gasteiger partial charge in [-0.25, -0.2) is 0 Å². The van der Waals surface area contributed by atoms with Crippen LogP contribution in [0.4, 0.5) is 0 Å². The molecule has 0 saturated heterocycles. The molecule has 78 valence electrons. The van der Waals surface area contributed by atoms with Crippen molar-refractivity contribution < 1.29 is 3.97 Å². The third kappa shape index (κ3) is 2.72. The van der Waals surface area contributed by atoms with E-state index in [-0.39, 0.29) is 0 Å². The van der Waals surface area contributed by atoms with Gasteiger partial charge in [0.2, 0.25) is 0 Å². The molecule has 0 amide bonds. The average Bonchev–Trinajstić information content (AvgIpc) is 2.29. The third-order valence-electron chi connectivity index (χ3n) is 2.40. The van der Waals surface area contributed by atoms with Gasteiger partial charge < -0.3 is 0 Å². The minimum atomic E-state index is 1.19. The van der Waals surface area contributed by atoms with Crippen molar-refractivity contribution in [1.82, 2.24) is 0 Å². The maximum absolute atomic E-state index is 2.23. The Hall–Kier alpha value is -1.02. The zero-order valence-electron chi connectivity index (χ0n) is 9.02. The lowest BCUT2D eigenvalue weighted by molar-refractivity contribution is -0.492. The van der Waals surface area contributed by atoms with E-state index in [0.717, 1.165) is 0 Å². The van der Waals surface area contributed by atoms with Crippen molar-refractivity contribution in [3.8, 4) is 0 Å². The second-order valence-corrected chi connectivity index (χ2v) is 4.71. The molecule has 2 aromatic rings. The van der Waals surface area contributed by atoms with E-state index in [1.165, 1.54) is 29.4 Å². The Bertz CT molecular complexity index is 439. The van der Waals surface area contributed by atoms with Crippen LogP contribution in [0, 0.1) is 0 Å². The van der Waals surface area contributed by atoms with Crippen molar-refractivity contribution >= 4 is 22.7 Å². The van der Waals surface area contributed by atoms with Gasteiger partial charge in [0.1, 0.15) is 0 Å². The van der Waals surface area contributed by atoms with E-state index in [2.05, 4.69) is 53.6 Å². The van der Waals surface area contributed by atoms with Crippen molar-refractivity contribution in [3.63, 3.8) is 0 Å². The molecule has 0 unspecified atom stereocenters. The van der Waals surface area contributed by atoms with Crippen LogP contribution in [-0.2, 0) is 0 Å². The molecule has 0 fully saturated rings. The second-order valence-electron chi connectivity index (χ2n) is 3.62. The van der Waals surface area contributed by atoms with E-state index in [0.29, 0.717) is 0 Å². The summed E-state index contributed by atoms with van der Waals surface area (Å²) in [6.07, 6.45) is 6.89. The molecular weight excluding hydrogens is 202 g/mol. The summed E-state index contributed by atoms with van der Waals surface area (Å²) in [4.78, 5) is 0. The molecule has 0 atom stereocenters. The zero-order valence-corrected chi connectivity index (χ0v) is 9.83. The Labute approximate surface area is 95.3 Å². The number of fused-ring (bicyclic) bond motifs is 1. The summed E-state index contributed by atoms with van der Waals surface area (Å²) in [6.45, 7) is 2.23. The molecule has 1 nitrogen and oxygen atoms in total. The maximum Gasteiger partial charge on any atom is 0.191 e. The van der Waals surface area contributed by atoms with Crippen molar-refractivity contribution in [1.29, 1.82) is 0 Å². The van der Waals surface area contributed by atoms with Crippen LogP contribution in [0.15, 0.2) is 42.7 Å². The fraction of sp³-hybridized carbons (Fsp3) is 0.308. The molecule has 1 aromatic heterocycles. The van der Waals surface area contributed by atoms with Crippen molar-refractivity contribution in [2.75, 3.05) is 5.75 Å². The second kappa shape index (κ2) is 5.17. The van der Waals surface area contributed by atoms with Crippen LogP contribution in [0.2, 0.25) is 0 Å². The van der Waals surface area contributed by atoms with E-state index in [9.17, 15) is 0 Å². The molecule has 1 heterocycles. The van der Waals surface area contributed by atoms with Crippen LogP contribution in [-0.4, -0.2) is 5.75 Å². The first kappa shape index (κ1) is 10.5. The van der Waals surface area contributed by atoms with Gasteiger partial charge in [0, 0.05) is 11.5 Å². The summed E-state index contributed by atoms with van der Waals surface area (Å²) < 4.78 is 2.21. The summed E-state index contributed by atoms with van der Waals surface area (Å²) in [6, 6.07) is 10.6. The highest BCUT2D eigenvalue weighted by Crippen LogP contribution is 2.11. The summed E-state index contributed by atoms with van der Waals surface area (Å²) in [5.41, 5.74) is 0. The van der Waals surface area contributed by atoms with Crippen LogP contribution < -0.4 is 3.97 Å². The Kier molecular flexibility index (Phi) is 3.62. The quantitative estimate of drug-likeness (QED) is 0.562. The van der Waals surface area contributed by atoms with Gasteiger partial charge in [-0.2, -0.15) is 0 Å². The standard InChI is InChI=1S/C13H16NS/c1-2-3-10-15-14-9-8-12-6-4-5-7-13(12)11-14/h4-9,11H,2-3,10H2,1H3/q+1. The van der Waals surface area contributed by atoms with E-state index >= 15 is 0 Å². The van der Waals surface area contributed by atoms with Gasteiger partial charge >= 0.3 is 0 Å². The van der Waals surface area contributed by atoms with E-state index < -0.39 is 0 Å². The molecule has 2 heteroatoms. The summed E-state index contributed by atoms with van der Waals surface area (Å²) >= 11 is 1.88. The van der Waals surface area contributed by atoms with Crippen molar-refractivity contribution in [2.45, 2.75) is 19.8 Å². The largest absolute Gasteiger partial charge is 0.191 e. The van der Waals surface area contributed by atoms with Crippen LogP contribution in [0.3, 0.4) is 0 Å².